The molecule has 82 valence electrons. The highest BCUT2D eigenvalue weighted by Gasteiger charge is 2.09. The Labute approximate surface area is 95.5 Å². The molecule has 2 rings (SSSR count). The van der Waals surface area contributed by atoms with Crippen molar-refractivity contribution in [3.05, 3.63) is 48.0 Å². The van der Waals surface area contributed by atoms with Gasteiger partial charge in [0, 0.05) is 19.2 Å². The second kappa shape index (κ2) is 4.35. The van der Waals surface area contributed by atoms with Gasteiger partial charge < -0.3 is 4.90 Å². The van der Waals surface area contributed by atoms with Crippen LogP contribution in [0.2, 0.25) is 0 Å². The average molecular weight is 213 g/mol. The largest absolute Gasteiger partial charge is 0.342 e. The summed E-state index contributed by atoms with van der Waals surface area (Å²) in [5, 5.41) is 2.27. The Bertz CT molecular complexity index is 519. The fourth-order valence-electron chi connectivity index (χ4n) is 1.69. The number of carbonyl (C=O) groups excluding carboxylic acids is 1. The Hall–Kier alpha value is -1.83. The lowest BCUT2D eigenvalue weighted by molar-refractivity contribution is 0.0802. The van der Waals surface area contributed by atoms with Crippen LogP contribution in [0.5, 0.6) is 0 Å². The van der Waals surface area contributed by atoms with Gasteiger partial charge in [-0.3, -0.25) is 4.79 Å². The number of benzene rings is 2. The van der Waals surface area contributed by atoms with Gasteiger partial charge in [0.1, 0.15) is 0 Å². The molecule has 1 amide bonds. The van der Waals surface area contributed by atoms with Crippen molar-refractivity contribution in [2.45, 2.75) is 6.92 Å². The molecule has 0 aliphatic rings. The van der Waals surface area contributed by atoms with Crippen molar-refractivity contribution in [3.63, 3.8) is 0 Å². The number of nitrogens with zero attached hydrogens (tertiary/aromatic N) is 1. The quantitative estimate of drug-likeness (QED) is 0.751. The van der Waals surface area contributed by atoms with Gasteiger partial charge in [0.2, 0.25) is 0 Å². The van der Waals surface area contributed by atoms with E-state index in [1.807, 2.05) is 56.4 Å². The van der Waals surface area contributed by atoms with Crippen LogP contribution in [0.25, 0.3) is 10.8 Å². The van der Waals surface area contributed by atoms with E-state index in [4.69, 9.17) is 0 Å². The molecule has 0 fully saturated rings. The van der Waals surface area contributed by atoms with Crippen molar-refractivity contribution in [2.75, 3.05) is 13.6 Å². The summed E-state index contributed by atoms with van der Waals surface area (Å²) in [6, 6.07) is 13.9. The SMILES string of the molecule is CCN(C)C(=O)c1ccc2ccccc2c1. The van der Waals surface area contributed by atoms with Crippen molar-refractivity contribution < 1.29 is 4.79 Å². The summed E-state index contributed by atoms with van der Waals surface area (Å²) in [7, 11) is 1.82. The Kier molecular flexibility index (Phi) is 2.91. The molecule has 0 radical (unpaired) electrons. The van der Waals surface area contributed by atoms with Crippen LogP contribution >= 0.6 is 0 Å². The van der Waals surface area contributed by atoms with Gasteiger partial charge in [0.05, 0.1) is 0 Å². The van der Waals surface area contributed by atoms with Crippen LogP contribution in [0.3, 0.4) is 0 Å². The van der Waals surface area contributed by atoms with Crippen LogP contribution < -0.4 is 0 Å². The first kappa shape index (κ1) is 10.7. The summed E-state index contributed by atoms with van der Waals surface area (Å²) in [5.41, 5.74) is 0.753. The van der Waals surface area contributed by atoms with E-state index in [1.165, 1.54) is 5.39 Å². The van der Waals surface area contributed by atoms with Crippen molar-refractivity contribution in [2.24, 2.45) is 0 Å². The molecular weight excluding hydrogens is 198 g/mol. The van der Waals surface area contributed by atoms with E-state index in [9.17, 15) is 4.79 Å². The second-order valence-electron chi connectivity index (χ2n) is 3.88. The average Bonchev–Trinajstić information content (AvgIpc) is 2.36. The lowest BCUT2D eigenvalue weighted by Crippen LogP contribution is -2.26. The third kappa shape index (κ3) is 1.91. The van der Waals surface area contributed by atoms with Gasteiger partial charge >= 0.3 is 0 Å². The molecule has 2 aromatic rings. The third-order valence-electron chi connectivity index (χ3n) is 2.82. The minimum atomic E-state index is 0.0771. The van der Waals surface area contributed by atoms with E-state index >= 15 is 0 Å². The predicted molar refractivity (Wildman–Crippen MR) is 66.6 cm³/mol. The summed E-state index contributed by atoms with van der Waals surface area (Å²) >= 11 is 0. The van der Waals surface area contributed by atoms with Crippen molar-refractivity contribution in [1.29, 1.82) is 0 Å². The Morgan fingerprint density at radius 3 is 2.50 bits per heavy atom. The standard InChI is InChI=1S/C14H15NO/c1-3-15(2)14(16)13-9-8-11-6-4-5-7-12(11)10-13/h4-10H,3H2,1-2H3. The lowest BCUT2D eigenvalue weighted by Gasteiger charge is -2.14. The van der Waals surface area contributed by atoms with E-state index < -0.39 is 0 Å². The number of fused-ring (bicyclic) bond motifs is 1. The van der Waals surface area contributed by atoms with Gasteiger partial charge in [-0.2, -0.15) is 0 Å². The van der Waals surface area contributed by atoms with Crippen LogP contribution in [0.1, 0.15) is 17.3 Å². The van der Waals surface area contributed by atoms with E-state index in [-0.39, 0.29) is 5.91 Å². The third-order valence-corrected chi connectivity index (χ3v) is 2.82. The maximum atomic E-state index is 11.9. The molecule has 0 heterocycles. The molecule has 16 heavy (non-hydrogen) atoms. The van der Waals surface area contributed by atoms with Gasteiger partial charge in [0.15, 0.2) is 0 Å². The van der Waals surface area contributed by atoms with Gasteiger partial charge in [-0.15, -0.1) is 0 Å². The van der Waals surface area contributed by atoms with E-state index in [0.29, 0.717) is 0 Å². The van der Waals surface area contributed by atoms with Gasteiger partial charge in [0.25, 0.3) is 5.91 Å². The Morgan fingerprint density at radius 2 is 1.81 bits per heavy atom. The molecule has 2 nitrogen and oxygen atoms in total. The predicted octanol–water partition coefficient (Wildman–Crippen LogP) is 2.93. The molecule has 0 aromatic heterocycles. The van der Waals surface area contributed by atoms with Gasteiger partial charge in [-0.05, 0) is 29.8 Å². The minimum Gasteiger partial charge on any atom is -0.342 e. The van der Waals surface area contributed by atoms with Crippen molar-refractivity contribution >= 4 is 16.7 Å². The number of amides is 1. The van der Waals surface area contributed by atoms with Crippen molar-refractivity contribution in [3.8, 4) is 0 Å². The normalized spacial score (nSPS) is 10.4. The molecule has 2 heteroatoms. The highest BCUT2D eigenvalue weighted by molar-refractivity contribution is 5.98. The molecule has 0 spiro atoms. The second-order valence-corrected chi connectivity index (χ2v) is 3.88. The molecule has 0 unspecified atom stereocenters. The van der Waals surface area contributed by atoms with Crippen LogP contribution in [-0.2, 0) is 0 Å². The molecule has 0 aliphatic heterocycles. The topological polar surface area (TPSA) is 20.3 Å². The smallest absolute Gasteiger partial charge is 0.253 e. The zero-order chi connectivity index (χ0) is 11.5. The van der Waals surface area contributed by atoms with Crippen molar-refractivity contribution in [1.82, 2.24) is 4.90 Å². The van der Waals surface area contributed by atoms with Crippen LogP contribution in [0.15, 0.2) is 42.5 Å². The molecular formula is C14H15NO. The summed E-state index contributed by atoms with van der Waals surface area (Å²) < 4.78 is 0. The lowest BCUT2D eigenvalue weighted by atomic mass is 10.1. The fraction of sp³-hybridized carbons (Fsp3) is 0.214. The molecule has 0 saturated carbocycles. The Balaban J connectivity index is 2.43. The van der Waals surface area contributed by atoms with Gasteiger partial charge in [-0.25, -0.2) is 0 Å². The summed E-state index contributed by atoms with van der Waals surface area (Å²) in [5.74, 6) is 0.0771. The summed E-state index contributed by atoms with van der Waals surface area (Å²) in [6.45, 7) is 2.70. The number of carbonyl (C=O) groups is 1. The molecule has 2 aromatic carbocycles. The van der Waals surface area contributed by atoms with E-state index in [1.54, 1.807) is 4.90 Å². The maximum absolute atomic E-state index is 11.9. The fourth-order valence-corrected chi connectivity index (χ4v) is 1.69. The molecule has 0 aliphatic carbocycles. The first-order valence-electron chi connectivity index (χ1n) is 5.46. The Morgan fingerprint density at radius 1 is 1.12 bits per heavy atom. The van der Waals surface area contributed by atoms with Crippen LogP contribution in [0.4, 0.5) is 0 Å². The number of hydrogen-bond acceptors (Lipinski definition) is 1. The minimum absolute atomic E-state index is 0.0771. The first-order chi connectivity index (χ1) is 7.72. The van der Waals surface area contributed by atoms with Gasteiger partial charge in [-0.1, -0.05) is 30.3 Å². The van der Waals surface area contributed by atoms with E-state index in [0.717, 1.165) is 17.5 Å². The van der Waals surface area contributed by atoms with Crippen LogP contribution in [0, 0.1) is 0 Å². The summed E-state index contributed by atoms with van der Waals surface area (Å²) in [4.78, 5) is 13.7. The zero-order valence-corrected chi connectivity index (χ0v) is 9.60. The molecule has 0 atom stereocenters. The zero-order valence-electron chi connectivity index (χ0n) is 9.60. The van der Waals surface area contributed by atoms with E-state index in [2.05, 4.69) is 0 Å². The first-order valence-corrected chi connectivity index (χ1v) is 5.46. The monoisotopic (exact) mass is 213 g/mol. The number of hydrogen-bond donors (Lipinski definition) is 0. The van der Waals surface area contributed by atoms with Crippen LogP contribution in [-0.4, -0.2) is 24.4 Å². The molecule has 0 bridgehead atoms. The summed E-state index contributed by atoms with van der Waals surface area (Å²) in [6.07, 6.45) is 0. The maximum Gasteiger partial charge on any atom is 0.253 e. The molecule has 0 saturated heterocycles. The highest BCUT2D eigenvalue weighted by Crippen LogP contribution is 2.16. The molecule has 0 N–H and O–H groups in total. The number of rotatable bonds is 2. The highest BCUT2D eigenvalue weighted by atomic mass is 16.2.